The lowest BCUT2D eigenvalue weighted by Crippen LogP contribution is -2.46. The van der Waals surface area contributed by atoms with Crippen molar-refractivity contribution in [3.63, 3.8) is 0 Å². The number of non-ortho nitro benzene ring substituents is 1. The first kappa shape index (κ1) is 26.2. The van der Waals surface area contributed by atoms with Crippen LogP contribution >= 0.6 is 11.8 Å². The molecule has 2 heterocycles. The van der Waals surface area contributed by atoms with E-state index in [1.54, 1.807) is 41.3 Å². The largest absolute Gasteiger partial charge is 0.490 e. The fraction of sp³-hybridized carbons (Fsp3) is 0.320. The van der Waals surface area contributed by atoms with Crippen LogP contribution in [0.5, 0.6) is 11.5 Å². The Hall–Kier alpha value is -3.90. The van der Waals surface area contributed by atoms with Gasteiger partial charge in [-0.1, -0.05) is 18.2 Å². The Balaban J connectivity index is 1.46. The Labute approximate surface area is 217 Å². The molecule has 0 atom stereocenters. The number of carbonyl (C=O) groups excluding carboxylic acids is 3. The molecule has 11 nitrogen and oxygen atoms in total. The topological polar surface area (TPSA) is 129 Å². The molecule has 2 aromatic rings. The van der Waals surface area contributed by atoms with Gasteiger partial charge >= 0.3 is 0 Å². The molecule has 0 bridgehead atoms. The third kappa shape index (κ3) is 6.46. The molecule has 2 aromatic carbocycles. The lowest BCUT2D eigenvalue weighted by atomic mass is 10.1. The number of carbonyl (C=O) groups is 3. The number of nitro benzene ring substituents is 1. The number of benzene rings is 2. The highest BCUT2D eigenvalue weighted by molar-refractivity contribution is 8.18. The van der Waals surface area contributed by atoms with E-state index in [0.29, 0.717) is 55.5 Å². The van der Waals surface area contributed by atoms with Crippen molar-refractivity contribution in [2.45, 2.75) is 13.5 Å². The van der Waals surface area contributed by atoms with Crippen LogP contribution in [0.4, 0.5) is 10.5 Å². The molecule has 194 valence electrons. The van der Waals surface area contributed by atoms with Gasteiger partial charge in [-0.15, -0.1) is 0 Å². The van der Waals surface area contributed by atoms with Crippen LogP contribution in [-0.4, -0.2) is 71.2 Å². The number of nitro groups is 1. The van der Waals surface area contributed by atoms with Crippen molar-refractivity contribution in [3.8, 4) is 11.5 Å². The van der Waals surface area contributed by atoms with Crippen LogP contribution < -0.4 is 9.47 Å². The maximum absolute atomic E-state index is 12.9. The Bertz CT molecular complexity index is 1240. The molecule has 0 spiro atoms. The highest BCUT2D eigenvalue weighted by atomic mass is 32.2. The molecule has 0 aromatic heterocycles. The van der Waals surface area contributed by atoms with Gasteiger partial charge in [0.2, 0.25) is 5.91 Å². The molecule has 0 saturated carbocycles. The van der Waals surface area contributed by atoms with E-state index in [1.165, 1.54) is 12.1 Å². The van der Waals surface area contributed by atoms with Gasteiger partial charge in [0.05, 0.1) is 29.6 Å². The van der Waals surface area contributed by atoms with E-state index in [1.807, 2.05) is 6.92 Å². The van der Waals surface area contributed by atoms with Crippen molar-refractivity contribution in [2.24, 2.45) is 0 Å². The maximum Gasteiger partial charge on any atom is 0.294 e. The van der Waals surface area contributed by atoms with Crippen molar-refractivity contribution in [3.05, 3.63) is 68.6 Å². The zero-order valence-electron chi connectivity index (χ0n) is 20.1. The molecular formula is C25H25N3O8S. The highest BCUT2D eigenvalue weighted by Crippen LogP contribution is 2.35. The number of amides is 3. The third-order valence-electron chi connectivity index (χ3n) is 5.61. The summed E-state index contributed by atoms with van der Waals surface area (Å²) >= 11 is 0.776. The normalized spacial score (nSPS) is 16.8. The number of ether oxygens (including phenoxy) is 3. The maximum atomic E-state index is 12.9. The monoisotopic (exact) mass is 527 g/mol. The molecule has 4 rings (SSSR count). The third-order valence-corrected chi connectivity index (χ3v) is 6.52. The van der Waals surface area contributed by atoms with Gasteiger partial charge in [-0.05, 0) is 48.0 Å². The number of hydrogen-bond donors (Lipinski definition) is 0. The smallest absolute Gasteiger partial charge is 0.294 e. The number of hydrogen-bond acceptors (Lipinski definition) is 9. The second-order valence-electron chi connectivity index (χ2n) is 8.12. The SMILES string of the molecule is CCOc1cc(/C=C2\SC(=O)N(CC(=O)N3CCOCC3)C2=O)ccc1OCc1cccc([N+](=O)[O-])c1. The molecule has 37 heavy (non-hydrogen) atoms. The summed E-state index contributed by atoms with van der Waals surface area (Å²) in [5.41, 5.74) is 1.21. The minimum Gasteiger partial charge on any atom is -0.490 e. The summed E-state index contributed by atoms with van der Waals surface area (Å²) in [7, 11) is 0. The van der Waals surface area contributed by atoms with E-state index >= 15 is 0 Å². The fourth-order valence-electron chi connectivity index (χ4n) is 3.76. The van der Waals surface area contributed by atoms with Crippen LogP contribution in [0.1, 0.15) is 18.1 Å². The van der Waals surface area contributed by atoms with E-state index in [0.717, 1.165) is 16.7 Å². The average molecular weight is 528 g/mol. The first-order chi connectivity index (χ1) is 17.9. The van der Waals surface area contributed by atoms with Crippen molar-refractivity contribution < 1.29 is 33.5 Å². The standard InChI is InChI=1S/C25H25N3O8S/c1-2-35-21-13-17(6-7-20(21)36-16-18-4-3-5-19(12-18)28(32)33)14-22-24(30)27(25(31)37-22)15-23(29)26-8-10-34-11-9-26/h3-7,12-14H,2,8-11,15-16H2,1H3/b22-14-. The lowest BCUT2D eigenvalue weighted by molar-refractivity contribution is -0.384. The van der Waals surface area contributed by atoms with Crippen LogP contribution in [0.25, 0.3) is 6.08 Å². The first-order valence-corrected chi connectivity index (χ1v) is 12.4. The summed E-state index contributed by atoms with van der Waals surface area (Å²) in [4.78, 5) is 51.1. The quantitative estimate of drug-likeness (QED) is 0.273. The van der Waals surface area contributed by atoms with Gasteiger partial charge in [0.1, 0.15) is 13.2 Å². The fourth-order valence-corrected chi connectivity index (χ4v) is 4.60. The summed E-state index contributed by atoms with van der Waals surface area (Å²) < 4.78 is 16.8. The van der Waals surface area contributed by atoms with Gasteiger partial charge in [-0.2, -0.15) is 0 Å². The number of thioether (sulfide) groups is 1. The zero-order chi connectivity index (χ0) is 26.4. The van der Waals surface area contributed by atoms with Gasteiger partial charge < -0.3 is 19.1 Å². The van der Waals surface area contributed by atoms with Crippen molar-refractivity contribution in [2.75, 3.05) is 39.5 Å². The lowest BCUT2D eigenvalue weighted by Gasteiger charge is -2.28. The van der Waals surface area contributed by atoms with Gasteiger partial charge in [0.25, 0.3) is 16.8 Å². The van der Waals surface area contributed by atoms with Crippen molar-refractivity contribution in [1.82, 2.24) is 9.80 Å². The van der Waals surface area contributed by atoms with Crippen molar-refractivity contribution >= 4 is 40.6 Å². The predicted molar refractivity (Wildman–Crippen MR) is 135 cm³/mol. The summed E-state index contributed by atoms with van der Waals surface area (Å²) in [6.45, 7) is 3.68. The van der Waals surface area contributed by atoms with Crippen LogP contribution in [0.15, 0.2) is 47.4 Å². The number of imide groups is 1. The molecule has 2 aliphatic rings. The summed E-state index contributed by atoms with van der Waals surface area (Å²) in [5, 5.41) is 10.5. The van der Waals surface area contributed by atoms with Gasteiger partial charge in [0, 0.05) is 25.2 Å². The number of nitrogens with zero attached hydrogens (tertiary/aromatic N) is 3. The highest BCUT2D eigenvalue weighted by Gasteiger charge is 2.37. The Morgan fingerprint density at radius 3 is 2.65 bits per heavy atom. The zero-order valence-corrected chi connectivity index (χ0v) is 20.9. The second-order valence-corrected chi connectivity index (χ2v) is 9.11. The van der Waals surface area contributed by atoms with E-state index in [-0.39, 0.29) is 29.7 Å². The number of rotatable bonds is 9. The van der Waals surface area contributed by atoms with E-state index in [9.17, 15) is 24.5 Å². The van der Waals surface area contributed by atoms with E-state index < -0.39 is 16.1 Å². The molecule has 0 unspecified atom stereocenters. The van der Waals surface area contributed by atoms with Gasteiger partial charge in [-0.25, -0.2) is 0 Å². The van der Waals surface area contributed by atoms with Gasteiger partial charge in [0.15, 0.2) is 11.5 Å². The summed E-state index contributed by atoms with van der Waals surface area (Å²) in [6, 6.07) is 11.2. The van der Waals surface area contributed by atoms with E-state index in [4.69, 9.17) is 14.2 Å². The summed E-state index contributed by atoms with van der Waals surface area (Å²) in [6.07, 6.45) is 1.57. The molecule has 0 radical (unpaired) electrons. The number of morpholine rings is 1. The minimum absolute atomic E-state index is 0.0259. The summed E-state index contributed by atoms with van der Waals surface area (Å²) in [5.74, 6) is 0.0226. The second kappa shape index (κ2) is 11.9. The molecule has 2 fully saturated rings. The Morgan fingerprint density at radius 2 is 1.92 bits per heavy atom. The molecule has 0 N–H and O–H groups in total. The molecule has 2 aliphatic heterocycles. The molecule has 3 amide bonds. The Kier molecular flexibility index (Phi) is 8.41. The van der Waals surface area contributed by atoms with Crippen LogP contribution in [0, 0.1) is 10.1 Å². The van der Waals surface area contributed by atoms with E-state index in [2.05, 4.69) is 0 Å². The van der Waals surface area contributed by atoms with Crippen LogP contribution in [0.3, 0.4) is 0 Å². The van der Waals surface area contributed by atoms with Crippen LogP contribution in [-0.2, 0) is 20.9 Å². The molecular weight excluding hydrogens is 502 g/mol. The van der Waals surface area contributed by atoms with Crippen molar-refractivity contribution in [1.29, 1.82) is 0 Å². The molecule has 12 heteroatoms. The minimum atomic E-state index is -0.527. The van der Waals surface area contributed by atoms with Crippen LogP contribution in [0.2, 0.25) is 0 Å². The molecule has 2 saturated heterocycles. The average Bonchev–Trinajstić information content (AvgIpc) is 3.16. The first-order valence-electron chi connectivity index (χ1n) is 11.6. The predicted octanol–water partition coefficient (Wildman–Crippen LogP) is 3.47. The molecule has 0 aliphatic carbocycles. The Morgan fingerprint density at radius 1 is 1.14 bits per heavy atom. The van der Waals surface area contributed by atoms with Gasteiger partial charge in [-0.3, -0.25) is 29.4 Å².